The van der Waals surface area contributed by atoms with Crippen molar-refractivity contribution >= 4 is 5.84 Å². The molecule has 0 bridgehead atoms. The Labute approximate surface area is 102 Å². The van der Waals surface area contributed by atoms with Crippen LogP contribution in [-0.2, 0) is 12.8 Å². The standard InChI is InChI=1S/C14H20N2O/c15-14(16)6-1-2-9-17-13-8-7-11-4-3-5-12(11)10-13/h7-8,10H,1-6,9H2,(H3,15,16). The van der Waals surface area contributed by atoms with Gasteiger partial charge in [-0.05, 0) is 55.4 Å². The number of nitrogens with two attached hydrogens (primary N) is 1. The molecule has 92 valence electrons. The molecule has 1 aromatic carbocycles. The Kier molecular flexibility index (Phi) is 4.02. The number of hydrogen-bond acceptors (Lipinski definition) is 2. The second kappa shape index (κ2) is 5.71. The summed E-state index contributed by atoms with van der Waals surface area (Å²) in [6, 6.07) is 6.43. The van der Waals surface area contributed by atoms with Crippen LogP contribution in [0.4, 0.5) is 0 Å². The zero-order valence-electron chi connectivity index (χ0n) is 10.2. The Morgan fingerprint density at radius 1 is 1.24 bits per heavy atom. The molecule has 17 heavy (non-hydrogen) atoms. The molecule has 0 spiro atoms. The predicted octanol–water partition coefficient (Wildman–Crippen LogP) is 2.66. The van der Waals surface area contributed by atoms with E-state index in [1.54, 1.807) is 0 Å². The lowest BCUT2D eigenvalue weighted by molar-refractivity contribution is 0.307. The molecule has 0 heterocycles. The zero-order valence-corrected chi connectivity index (χ0v) is 10.2. The molecule has 0 amide bonds. The summed E-state index contributed by atoms with van der Waals surface area (Å²) in [4.78, 5) is 0. The van der Waals surface area contributed by atoms with Crippen molar-refractivity contribution in [2.24, 2.45) is 5.73 Å². The van der Waals surface area contributed by atoms with E-state index in [0.29, 0.717) is 13.0 Å². The molecule has 0 aromatic heterocycles. The first-order valence-electron chi connectivity index (χ1n) is 6.33. The number of aryl methyl sites for hydroxylation is 2. The fourth-order valence-corrected chi connectivity index (χ4v) is 2.25. The van der Waals surface area contributed by atoms with Gasteiger partial charge in [-0.2, -0.15) is 0 Å². The van der Waals surface area contributed by atoms with Crippen molar-refractivity contribution in [3.05, 3.63) is 29.3 Å². The monoisotopic (exact) mass is 232 g/mol. The molecule has 3 heteroatoms. The van der Waals surface area contributed by atoms with Gasteiger partial charge in [0.15, 0.2) is 0 Å². The molecular weight excluding hydrogens is 212 g/mol. The number of ether oxygens (including phenoxy) is 1. The number of amidine groups is 1. The van der Waals surface area contributed by atoms with Gasteiger partial charge in [-0.25, -0.2) is 0 Å². The van der Waals surface area contributed by atoms with Gasteiger partial charge in [-0.15, -0.1) is 0 Å². The Bertz CT molecular complexity index is 401. The summed E-state index contributed by atoms with van der Waals surface area (Å²) >= 11 is 0. The fraction of sp³-hybridized carbons (Fsp3) is 0.500. The van der Waals surface area contributed by atoms with Crippen molar-refractivity contribution in [2.45, 2.75) is 38.5 Å². The Morgan fingerprint density at radius 3 is 2.88 bits per heavy atom. The van der Waals surface area contributed by atoms with Crippen LogP contribution >= 0.6 is 0 Å². The molecule has 0 atom stereocenters. The summed E-state index contributed by atoms with van der Waals surface area (Å²) < 4.78 is 5.70. The molecule has 1 aliphatic carbocycles. The third-order valence-electron chi connectivity index (χ3n) is 3.18. The van der Waals surface area contributed by atoms with E-state index in [0.717, 1.165) is 18.6 Å². The van der Waals surface area contributed by atoms with Gasteiger partial charge in [0, 0.05) is 6.42 Å². The summed E-state index contributed by atoms with van der Waals surface area (Å²) in [6.45, 7) is 0.714. The smallest absolute Gasteiger partial charge is 0.119 e. The minimum Gasteiger partial charge on any atom is -0.494 e. The van der Waals surface area contributed by atoms with Crippen LogP contribution < -0.4 is 10.5 Å². The van der Waals surface area contributed by atoms with Gasteiger partial charge in [0.2, 0.25) is 0 Å². The molecule has 2 rings (SSSR count). The number of fused-ring (bicyclic) bond motifs is 1. The number of rotatable bonds is 6. The molecule has 0 saturated heterocycles. The molecule has 3 nitrogen and oxygen atoms in total. The third-order valence-corrected chi connectivity index (χ3v) is 3.18. The fourth-order valence-electron chi connectivity index (χ4n) is 2.25. The van der Waals surface area contributed by atoms with Crippen molar-refractivity contribution in [3.8, 4) is 5.75 Å². The first kappa shape index (κ1) is 12.0. The van der Waals surface area contributed by atoms with Gasteiger partial charge in [-0.3, -0.25) is 5.41 Å². The highest BCUT2D eigenvalue weighted by Gasteiger charge is 2.10. The van der Waals surface area contributed by atoms with E-state index in [4.69, 9.17) is 15.9 Å². The molecule has 0 aliphatic heterocycles. The van der Waals surface area contributed by atoms with E-state index < -0.39 is 0 Å². The van der Waals surface area contributed by atoms with Gasteiger partial charge < -0.3 is 10.5 Å². The molecule has 0 unspecified atom stereocenters. The van der Waals surface area contributed by atoms with Crippen LogP contribution in [0.25, 0.3) is 0 Å². The second-order valence-electron chi connectivity index (χ2n) is 4.61. The van der Waals surface area contributed by atoms with Crippen molar-refractivity contribution < 1.29 is 4.74 Å². The molecule has 1 aromatic rings. The van der Waals surface area contributed by atoms with Crippen LogP contribution in [0.1, 0.15) is 36.8 Å². The van der Waals surface area contributed by atoms with E-state index in [9.17, 15) is 0 Å². The third kappa shape index (κ3) is 3.48. The van der Waals surface area contributed by atoms with Gasteiger partial charge in [0.05, 0.1) is 12.4 Å². The van der Waals surface area contributed by atoms with Crippen LogP contribution in [0.2, 0.25) is 0 Å². The van der Waals surface area contributed by atoms with E-state index in [1.807, 2.05) is 0 Å². The summed E-state index contributed by atoms with van der Waals surface area (Å²) in [5.41, 5.74) is 8.22. The lowest BCUT2D eigenvalue weighted by Crippen LogP contribution is -2.09. The minimum atomic E-state index is 0.266. The largest absolute Gasteiger partial charge is 0.494 e. The molecule has 0 fully saturated rings. The summed E-state index contributed by atoms with van der Waals surface area (Å²) in [5, 5.41) is 7.11. The van der Waals surface area contributed by atoms with E-state index in [1.165, 1.54) is 30.4 Å². The topological polar surface area (TPSA) is 59.1 Å². The van der Waals surface area contributed by atoms with E-state index >= 15 is 0 Å². The minimum absolute atomic E-state index is 0.266. The predicted molar refractivity (Wildman–Crippen MR) is 69.7 cm³/mol. The summed E-state index contributed by atoms with van der Waals surface area (Å²) in [6.07, 6.45) is 6.24. The van der Waals surface area contributed by atoms with Crippen LogP contribution in [0.5, 0.6) is 5.75 Å². The van der Waals surface area contributed by atoms with Crippen LogP contribution in [0, 0.1) is 5.41 Å². The second-order valence-corrected chi connectivity index (χ2v) is 4.61. The van der Waals surface area contributed by atoms with Gasteiger partial charge >= 0.3 is 0 Å². The Balaban J connectivity index is 1.74. The first-order valence-corrected chi connectivity index (χ1v) is 6.33. The van der Waals surface area contributed by atoms with Crippen molar-refractivity contribution in [3.63, 3.8) is 0 Å². The molecule has 0 saturated carbocycles. The average Bonchev–Trinajstić information content (AvgIpc) is 2.75. The quantitative estimate of drug-likeness (QED) is 0.450. The SMILES string of the molecule is N=C(N)CCCCOc1ccc2c(c1)CCC2. The average molecular weight is 232 g/mol. The maximum Gasteiger partial charge on any atom is 0.119 e. The summed E-state index contributed by atoms with van der Waals surface area (Å²) in [7, 11) is 0. The highest BCUT2D eigenvalue weighted by Crippen LogP contribution is 2.26. The Morgan fingerprint density at radius 2 is 2.06 bits per heavy atom. The zero-order chi connectivity index (χ0) is 12.1. The van der Waals surface area contributed by atoms with E-state index in [2.05, 4.69) is 18.2 Å². The van der Waals surface area contributed by atoms with Crippen LogP contribution in [0.3, 0.4) is 0 Å². The van der Waals surface area contributed by atoms with Crippen molar-refractivity contribution in [1.82, 2.24) is 0 Å². The normalized spacial score (nSPS) is 13.4. The Hall–Kier alpha value is -1.51. The van der Waals surface area contributed by atoms with Gasteiger partial charge in [0.25, 0.3) is 0 Å². The van der Waals surface area contributed by atoms with Crippen LogP contribution in [-0.4, -0.2) is 12.4 Å². The number of unbranched alkanes of at least 4 members (excludes halogenated alkanes) is 1. The lowest BCUT2D eigenvalue weighted by atomic mass is 10.1. The summed E-state index contributed by atoms with van der Waals surface area (Å²) in [5.74, 6) is 1.25. The van der Waals surface area contributed by atoms with Crippen LogP contribution in [0.15, 0.2) is 18.2 Å². The lowest BCUT2D eigenvalue weighted by Gasteiger charge is -2.07. The highest BCUT2D eigenvalue weighted by atomic mass is 16.5. The van der Waals surface area contributed by atoms with Gasteiger partial charge in [-0.1, -0.05) is 6.07 Å². The number of nitrogens with one attached hydrogen (secondary N) is 1. The molecule has 1 aliphatic rings. The van der Waals surface area contributed by atoms with Crippen molar-refractivity contribution in [1.29, 1.82) is 5.41 Å². The molecule has 3 N–H and O–H groups in total. The van der Waals surface area contributed by atoms with Crippen molar-refractivity contribution in [2.75, 3.05) is 6.61 Å². The van der Waals surface area contributed by atoms with Gasteiger partial charge in [0.1, 0.15) is 5.75 Å². The first-order chi connectivity index (χ1) is 8.25. The number of benzene rings is 1. The maximum atomic E-state index is 7.11. The molecular formula is C14H20N2O. The van der Waals surface area contributed by atoms with E-state index in [-0.39, 0.29) is 5.84 Å². The number of hydrogen-bond donors (Lipinski definition) is 2. The molecule has 0 radical (unpaired) electrons. The highest BCUT2D eigenvalue weighted by molar-refractivity contribution is 5.76. The maximum absolute atomic E-state index is 7.11.